The predicted octanol–water partition coefficient (Wildman–Crippen LogP) is 2.12. The van der Waals surface area contributed by atoms with E-state index in [1.54, 1.807) is 11.3 Å². The number of nitrogens with zero attached hydrogens (tertiary/aromatic N) is 1. The van der Waals surface area contributed by atoms with Crippen LogP contribution in [0.1, 0.15) is 37.1 Å². The van der Waals surface area contributed by atoms with Crippen molar-refractivity contribution in [3.8, 4) is 0 Å². The fourth-order valence-corrected chi connectivity index (χ4v) is 2.19. The van der Waals surface area contributed by atoms with Crippen LogP contribution >= 0.6 is 23.7 Å². The van der Waals surface area contributed by atoms with Crippen LogP contribution in [0, 0.1) is 5.92 Å². The van der Waals surface area contributed by atoms with Crippen LogP contribution in [0.5, 0.6) is 0 Å². The summed E-state index contributed by atoms with van der Waals surface area (Å²) in [6.45, 7) is 6.59. The molecule has 104 valence electrons. The monoisotopic (exact) mass is 291 g/mol. The Morgan fingerprint density at radius 3 is 2.72 bits per heavy atom. The molecule has 2 atom stereocenters. The number of carbonyl (C=O) groups is 1. The maximum Gasteiger partial charge on any atom is 0.237 e. The van der Waals surface area contributed by atoms with Crippen LogP contribution in [0.15, 0.2) is 6.20 Å². The molecule has 0 saturated heterocycles. The summed E-state index contributed by atoms with van der Waals surface area (Å²) < 4.78 is 0. The smallest absolute Gasteiger partial charge is 0.237 e. The Kier molecular flexibility index (Phi) is 8.15. The van der Waals surface area contributed by atoms with Gasteiger partial charge >= 0.3 is 0 Å². The van der Waals surface area contributed by atoms with Crippen molar-refractivity contribution in [3.63, 3.8) is 0 Å². The number of aryl methyl sites for hydroxylation is 1. The first-order valence-corrected chi connectivity index (χ1v) is 6.87. The Labute approximate surface area is 119 Å². The zero-order valence-electron chi connectivity index (χ0n) is 11.1. The lowest BCUT2D eigenvalue weighted by molar-refractivity contribution is -0.123. The first-order valence-electron chi connectivity index (χ1n) is 6.05. The van der Waals surface area contributed by atoms with Crippen LogP contribution in [-0.4, -0.2) is 16.9 Å². The second kappa shape index (κ2) is 8.45. The van der Waals surface area contributed by atoms with Crippen LogP contribution in [0.4, 0.5) is 0 Å². The lowest BCUT2D eigenvalue weighted by atomic mass is 9.99. The third kappa shape index (κ3) is 4.92. The lowest BCUT2D eigenvalue weighted by Crippen LogP contribution is -2.44. The molecule has 0 fully saturated rings. The second-order valence-corrected chi connectivity index (χ2v) is 5.40. The van der Waals surface area contributed by atoms with E-state index in [0.717, 1.165) is 17.8 Å². The van der Waals surface area contributed by atoms with E-state index in [4.69, 9.17) is 5.73 Å². The van der Waals surface area contributed by atoms with Crippen LogP contribution in [0.25, 0.3) is 0 Å². The van der Waals surface area contributed by atoms with Crippen LogP contribution in [-0.2, 0) is 17.8 Å². The van der Waals surface area contributed by atoms with Crippen molar-refractivity contribution < 1.29 is 4.79 Å². The third-order valence-electron chi connectivity index (χ3n) is 2.92. The molecule has 3 N–H and O–H groups in total. The minimum absolute atomic E-state index is 0. The number of hydrogen-bond donors (Lipinski definition) is 2. The zero-order valence-corrected chi connectivity index (χ0v) is 12.7. The van der Waals surface area contributed by atoms with E-state index in [0.29, 0.717) is 6.54 Å². The van der Waals surface area contributed by atoms with Gasteiger partial charge in [0.15, 0.2) is 0 Å². The van der Waals surface area contributed by atoms with Gasteiger partial charge in [-0.2, -0.15) is 0 Å². The molecule has 0 aliphatic heterocycles. The molecular formula is C12H22ClN3OS. The maximum absolute atomic E-state index is 11.7. The zero-order chi connectivity index (χ0) is 12.8. The first kappa shape index (κ1) is 17.4. The summed E-state index contributed by atoms with van der Waals surface area (Å²) in [6, 6.07) is -0.425. The molecule has 1 amide bonds. The van der Waals surface area contributed by atoms with Crippen molar-refractivity contribution in [2.75, 3.05) is 0 Å². The van der Waals surface area contributed by atoms with Gasteiger partial charge < -0.3 is 11.1 Å². The molecule has 0 bridgehead atoms. The van der Waals surface area contributed by atoms with E-state index >= 15 is 0 Å². The quantitative estimate of drug-likeness (QED) is 0.843. The van der Waals surface area contributed by atoms with E-state index in [9.17, 15) is 4.79 Å². The maximum atomic E-state index is 11.7. The minimum atomic E-state index is -0.425. The Bertz CT molecular complexity index is 370. The minimum Gasteiger partial charge on any atom is -0.348 e. The molecular weight excluding hydrogens is 270 g/mol. The molecule has 1 heterocycles. The summed E-state index contributed by atoms with van der Waals surface area (Å²) in [5.74, 6) is 0.116. The number of thiazole rings is 1. The normalized spacial score (nSPS) is 13.6. The highest BCUT2D eigenvalue weighted by Crippen LogP contribution is 2.13. The van der Waals surface area contributed by atoms with Crippen molar-refractivity contribution >= 4 is 29.7 Å². The summed E-state index contributed by atoms with van der Waals surface area (Å²) in [4.78, 5) is 17.2. The van der Waals surface area contributed by atoms with E-state index in [1.807, 2.05) is 20.0 Å². The summed E-state index contributed by atoms with van der Waals surface area (Å²) in [6.07, 6.45) is 3.75. The number of aromatic nitrogens is 1. The largest absolute Gasteiger partial charge is 0.348 e. The number of halogens is 1. The number of nitrogens with two attached hydrogens (primary N) is 1. The summed E-state index contributed by atoms with van der Waals surface area (Å²) in [5.41, 5.74) is 5.84. The van der Waals surface area contributed by atoms with Gasteiger partial charge in [0, 0.05) is 11.1 Å². The van der Waals surface area contributed by atoms with Gasteiger partial charge in [0.25, 0.3) is 0 Å². The Morgan fingerprint density at radius 2 is 2.22 bits per heavy atom. The molecule has 1 aromatic heterocycles. The number of amides is 1. The number of hydrogen-bond acceptors (Lipinski definition) is 4. The fraction of sp³-hybridized carbons (Fsp3) is 0.667. The highest BCUT2D eigenvalue weighted by Gasteiger charge is 2.19. The highest BCUT2D eigenvalue weighted by atomic mass is 35.5. The molecule has 1 aromatic rings. The Hall–Kier alpha value is -0.650. The van der Waals surface area contributed by atoms with Gasteiger partial charge in [0.05, 0.1) is 12.6 Å². The highest BCUT2D eigenvalue weighted by molar-refractivity contribution is 7.11. The number of rotatable bonds is 6. The average molecular weight is 292 g/mol. The Balaban J connectivity index is 0.00000289. The molecule has 18 heavy (non-hydrogen) atoms. The molecule has 0 spiro atoms. The molecule has 0 aliphatic carbocycles. The molecule has 0 saturated carbocycles. The molecule has 0 aliphatic rings. The summed E-state index contributed by atoms with van der Waals surface area (Å²) in [7, 11) is 0. The van der Waals surface area contributed by atoms with Crippen molar-refractivity contribution in [3.05, 3.63) is 16.1 Å². The van der Waals surface area contributed by atoms with Crippen molar-refractivity contribution in [1.82, 2.24) is 10.3 Å². The molecule has 4 nitrogen and oxygen atoms in total. The van der Waals surface area contributed by atoms with Crippen molar-refractivity contribution in [2.24, 2.45) is 11.7 Å². The van der Waals surface area contributed by atoms with E-state index in [1.165, 1.54) is 4.88 Å². The molecule has 2 unspecified atom stereocenters. The van der Waals surface area contributed by atoms with Gasteiger partial charge in [-0.05, 0) is 12.3 Å². The van der Waals surface area contributed by atoms with Gasteiger partial charge in [-0.3, -0.25) is 4.79 Å². The summed E-state index contributed by atoms with van der Waals surface area (Å²) in [5, 5.41) is 3.77. The van der Waals surface area contributed by atoms with Crippen molar-refractivity contribution in [2.45, 2.75) is 46.2 Å². The number of carbonyl (C=O) groups excluding carboxylic acids is 1. The van der Waals surface area contributed by atoms with Crippen molar-refractivity contribution in [1.29, 1.82) is 0 Å². The third-order valence-corrected chi connectivity index (χ3v) is 4.07. The molecule has 0 aromatic carbocycles. The van der Waals surface area contributed by atoms with Gasteiger partial charge in [-0.15, -0.1) is 23.7 Å². The van der Waals surface area contributed by atoms with Gasteiger partial charge in [0.2, 0.25) is 5.91 Å². The topological polar surface area (TPSA) is 68.0 Å². The van der Waals surface area contributed by atoms with E-state index in [-0.39, 0.29) is 24.2 Å². The second-order valence-electron chi connectivity index (χ2n) is 4.20. The fourth-order valence-electron chi connectivity index (χ4n) is 1.39. The van der Waals surface area contributed by atoms with Gasteiger partial charge in [0.1, 0.15) is 5.01 Å². The van der Waals surface area contributed by atoms with E-state index in [2.05, 4.69) is 17.2 Å². The van der Waals surface area contributed by atoms with Crippen LogP contribution in [0.2, 0.25) is 0 Å². The summed E-state index contributed by atoms with van der Waals surface area (Å²) >= 11 is 1.63. The number of nitrogens with one attached hydrogen (secondary N) is 1. The van der Waals surface area contributed by atoms with Gasteiger partial charge in [-0.1, -0.05) is 27.2 Å². The van der Waals surface area contributed by atoms with E-state index < -0.39 is 6.04 Å². The lowest BCUT2D eigenvalue weighted by Gasteiger charge is -2.17. The predicted molar refractivity (Wildman–Crippen MR) is 78.0 cm³/mol. The molecule has 0 radical (unpaired) electrons. The average Bonchev–Trinajstić information content (AvgIpc) is 2.81. The van der Waals surface area contributed by atoms with Crippen LogP contribution in [0.3, 0.4) is 0 Å². The van der Waals surface area contributed by atoms with Gasteiger partial charge in [-0.25, -0.2) is 4.98 Å². The first-order chi connectivity index (χ1) is 8.08. The SMILES string of the molecule is CCc1cnc(CNC(=O)C(N)C(C)CC)s1.Cl. The molecule has 6 heteroatoms. The Morgan fingerprint density at radius 1 is 1.56 bits per heavy atom. The standard InChI is InChI=1S/C12H21N3OS.ClH/c1-4-8(3)11(13)12(16)15-7-10-14-6-9(5-2)17-10;/h6,8,11H,4-5,7,13H2,1-3H3,(H,15,16);1H. The molecule has 1 rings (SSSR count). The van der Waals surface area contributed by atoms with Crippen LogP contribution < -0.4 is 11.1 Å².